The number of aromatic nitrogens is 1. The number of hydrogen-bond acceptors (Lipinski definition) is 3. The fourth-order valence-electron chi connectivity index (χ4n) is 2.51. The maximum absolute atomic E-state index is 11.6. The van der Waals surface area contributed by atoms with E-state index in [0.29, 0.717) is 18.0 Å². The van der Waals surface area contributed by atoms with Gasteiger partial charge in [0.15, 0.2) is 0 Å². The Morgan fingerprint density at radius 3 is 2.91 bits per heavy atom. The van der Waals surface area contributed by atoms with E-state index >= 15 is 0 Å². The number of esters is 1. The molecule has 1 saturated carbocycles. The number of amides is 1. The fraction of sp³-hybridized carbons (Fsp3) is 0.375. The minimum atomic E-state index is -0.672. The van der Waals surface area contributed by atoms with Crippen LogP contribution in [0, 0.1) is 5.92 Å². The first-order valence-electron chi connectivity index (χ1n) is 7.38. The van der Waals surface area contributed by atoms with Gasteiger partial charge >= 0.3 is 12.1 Å². The standard InChI is InChI=1S/C16H17ClN2O3/c17-12-4-5-14-13(8-12)11(9-19-14)6-7-18-16(21)22-15(20)10-2-1-3-10/h4-5,8-10,19H,1-3,6-7H2,(H,18,21). The number of fused-ring (bicyclic) bond motifs is 1. The maximum atomic E-state index is 11.6. The second kappa shape index (κ2) is 6.40. The Balaban J connectivity index is 1.50. The van der Waals surface area contributed by atoms with Gasteiger partial charge in [-0.1, -0.05) is 18.0 Å². The SMILES string of the molecule is O=C(NCCc1c[nH]c2ccc(Cl)cc12)OC(=O)C1CCC1. The average molecular weight is 321 g/mol. The van der Waals surface area contributed by atoms with E-state index < -0.39 is 12.1 Å². The lowest BCUT2D eigenvalue weighted by molar-refractivity contribution is -0.144. The number of H-pyrrole nitrogens is 1. The van der Waals surface area contributed by atoms with E-state index in [4.69, 9.17) is 16.3 Å². The Morgan fingerprint density at radius 1 is 1.36 bits per heavy atom. The molecule has 0 saturated heterocycles. The van der Waals surface area contributed by atoms with E-state index in [1.807, 2.05) is 24.4 Å². The number of rotatable bonds is 4. The smallest absolute Gasteiger partial charge is 0.376 e. The van der Waals surface area contributed by atoms with Crippen LogP contribution in [0.25, 0.3) is 10.9 Å². The molecule has 0 atom stereocenters. The number of benzene rings is 1. The molecule has 2 aromatic rings. The third-order valence-electron chi connectivity index (χ3n) is 4.02. The molecule has 1 aliphatic rings. The number of nitrogens with one attached hydrogen (secondary N) is 2. The summed E-state index contributed by atoms with van der Waals surface area (Å²) in [7, 11) is 0. The van der Waals surface area contributed by atoms with Gasteiger partial charge in [-0.2, -0.15) is 0 Å². The van der Waals surface area contributed by atoms with Gasteiger partial charge in [0.2, 0.25) is 0 Å². The maximum Gasteiger partial charge on any atom is 0.414 e. The lowest BCUT2D eigenvalue weighted by Crippen LogP contribution is -2.33. The molecular weight excluding hydrogens is 304 g/mol. The van der Waals surface area contributed by atoms with E-state index in [0.717, 1.165) is 35.7 Å². The Labute approximate surface area is 133 Å². The van der Waals surface area contributed by atoms with Crippen molar-refractivity contribution in [1.29, 1.82) is 0 Å². The second-order valence-electron chi connectivity index (χ2n) is 5.52. The molecule has 1 fully saturated rings. The van der Waals surface area contributed by atoms with Crippen molar-refractivity contribution in [3.8, 4) is 0 Å². The molecule has 0 aliphatic heterocycles. The first-order valence-corrected chi connectivity index (χ1v) is 7.76. The first-order chi connectivity index (χ1) is 10.6. The molecule has 116 valence electrons. The highest BCUT2D eigenvalue weighted by atomic mass is 35.5. The molecule has 1 aromatic carbocycles. The summed E-state index contributed by atoms with van der Waals surface area (Å²) in [5.41, 5.74) is 2.06. The largest absolute Gasteiger partial charge is 0.414 e. The van der Waals surface area contributed by atoms with Crippen LogP contribution >= 0.6 is 11.6 Å². The van der Waals surface area contributed by atoms with E-state index in [-0.39, 0.29) is 5.92 Å². The van der Waals surface area contributed by atoms with Crippen LogP contribution in [0.3, 0.4) is 0 Å². The summed E-state index contributed by atoms with van der Waals surface area (Å²) in [6, 6.07) is 5.63. The van der Waals surface area contributed by atoms with Crippen LogP contribution in [0.2, 0.25) is 5.02 Å². The van der Waals surface area contributed by atoms with Crippen LogP contribution in [0.15, 0.2) is 24.4 Å². The van der Waals surface area contributed by atoms with Crippen molar-refractivity contribution in [1.82, 2.24) is 10.3 Å². The van der Waals surface area contributed by atoms with Crippen molar-refractivity contribution in [3.63, 3.8) is 0 Å². The van der Waals surface area contributed by atoms with Gasteiger partial charge in [-0.05, 0) is 43.0 Å². The molecule has 3 rings (SSSR count). The van der Waals surface area contributed by atoms with Gasteiger partial charge in [-0.25, -0.2) is 4.79 Å². The molecule has 5 nitrogen and oxygen atoms in total. The minimum absolute atomic E-state index is 0.0958. The summed E-state index contributed by atoms with van der Waals surface area (Å²) in [6.07, 6.45) is 4.53. The van der Waals surface area contributed by atoms with Crippen molar-refractivity contribution >= 4 is 34.6 Å². The van der Waals surface area contributed by atoms with Crippen LogP contribution in [0.5, 0.6) is 0 Å². The van der Waals surface area contributed by atoms with Gasteiger partial charge in [0.25, 0.3) is 0 Å². The number of aromatic amines is 1. The van der Waals surface area contributed by atoms with Gasteiger partial charge in [-0.15, -0.1) is 0 Å². The molecule has 0 unspecified atom stereocenters. The zero-order chi connectivity index (χ0) is 15.5. The number of ether oxygens (including phenoxy) is 1. The van der Waals surface area contributed by atoms with Crippen LogP contribution in [0.1, 0.15) is 24.8 Å². The molecule has 0 spiro atoms. The van der Waals surface area contributed by atoms with Crippen molar-refractivity contribution in [2.24, 2.45) is 5.92 Å². The summed E-state index contributed by atoms with van der Waals surface area (Å²) in [4.78, 5) is 26.3. The molecule has 2 N–H and O–H groups in total. The summed E-state index contributed by atoms with van der Waals surface area (Å²) in [5.74, 6) is -0.510. The Morgan fingerprint density at radius 2 is 2.18 bits per heavy atom. The molecule has 0 radical (unpaired) electrons. The van der Waals surface area contributed by atoms with Gasteiger partial charge in [0.1, 0.15) is 0 Å². The van der Waals surface area contributed by atoms with Crippen LogP contribution in [-0.4, -0.2) is 23.6 Å². The monoisotopic (exact) mass is 320 g/mol. The molecular formula is C16H17ClN2O3. The summed E-state index contributed by atoms with van der Waals surface area (Å²) in [5, 5.41) is 4.31. The van der Waals surface area contributed by atoms with E-state index in [9.17, 15) is 9.59 Å². The summed E-state index contributed by atoms with van der Waals surface area (Å²) >= 11 is 6.00. The molecule has 1 amide bonds. The molecule has 1 aromatic heterocycles. The zero-order valence-electron chi connectivity index (χ0n) is 12.0. The topological polar surface area (TPSA) is 71.2 Å². The average Bonchev–Trinajstić information content (AvgIpc) is 2.79. The van der Waals surface area contributed by atoms with Crippen molar-refractivity contribution in [2.75, 3.05) is 6.54 Å². The third-order valence-corrected chi connectivity index (χ3v) is 4.26. The van der Waals surface area contributed by atoms with Crippen LogP contribution in [0.4, 0.5) is 4.79 Å². The number of carbonyl (C=O) groups is 2. The Bertz CT molecular complexity index is 706. The molecule has 1 aliphatic carbocycles. The zero-order valence-corrected chi connectivity index (χ0v) is 12.8. The van der Waals surface area contributed by atoms with E-state index in [1.165, 1.54) is 0 Å². The Kier molecular flexibility index (Phi) is 4.34. The molecule has 0 bridgehead atoms. The lowest BCUT2D eigenvalue weighted by Gasteiger charge is -2.22. The van der Waals surface area contributed by atoms with Gasteiger partial charge < -0.3 is 15.0 Å². The highest BCUT2D eigenvalue weighted by molar-refractivity contribution is 6.31. The molecule has 22 heavy (non-hydrogen) atoms. The predicted octanol–water partition coefficient (Wildman–Crippen LogP) is 3.42. The van der Waals surface area contributed by atoms with Crippen molar-refractivity contribution in [2.45, 2.75) is 25.7 Å². The van der Waals surface area contributed by atoms with E-state index in [2.05, 4.69) is 10.3 Å². The number of hydrogen-bond donors (Lipinski definition) is 2. The van der Waals surface area contributed by atoms with Gasteiger partial charge in [-0.3, -0.25) is 4.79 Å². The number of halogens is 1. The Hall–Kier alpha value is -2.01. The third kappa shape index (κ3) is 3.25. The van der Waals surface area contributed by atoms with Crippen LogP contribution < -0.4 is 5.32 Å². The summed E-state index contributed by atoms with van der Waals surface area (Å²) < 4.78 is 4.76. The highest BCUT2D eigenvalue weighted by Crippen LogP contribution is 2.27. The predicted molar refractivity (Wildman–Crippen MR) is 83.8 cm³/mol. The highest BCUT2D eigenvalue weighted by Gasteiger charge is 2.28. The second-order valence-corrected chi connectivity index (χ2v) is 5.95. The number of alkyl carbamates (subject to hydrolysis) is 1. The quantitative estimate of drug-likeness (QED) is 0.670. The van der Waals surface area contributed by atoms with Gasteiger partial charge in [0.05, 0.1) is 5.92 Å². The summed E-state index contributed by atoms with van der Waals surface area (Å²) in [6.45, 7) is 0.399. The van der Waals surface area contributed by atoms with Gasteiger partial charge in [0, 0.05) is 28.7 Å². The van der Waals surface area contributed by atoms with E-state index in [1.54, 1.807) is 0 Å². The molecule has 6 heteroatoms. The normalized spacial score (nSPS) is 14.6. The van der Waals surface area contributed by atoms with Crippen molar-refractivity contribution < 1.29 is 14.3 Å². The first kappa shape index (κ1) is 14.9. The molecule has 1 heterocycles. The fourth-order valence-corrected chi connectivity index (χ4v) is 2.68. The van der Waals surface area contributed by atoms with Crippen LogP contribution in [-0.2, 0) is 16.0 Å². The van der Waals surface area contributed by atoms with Crippen molar-refractivity contribution in [3.05, 3.63) is 35.0 Å². The number of carbonyl (C=O) groups excluding carboxylic acids is 2. The lowest BCUT2D eigenvalue weighted by atomic mass is 9.86. The minimum Gasteiger partial charge on any atom is -0.376 e.